The highest BCUT2D eigenvalue weighted by molar-refractivity contribution is 7.90. The molecule has 0 aromatic heterocycles. The van der Waals surface area contributed by atoms with Crippen molar-refractivity contribution in [1.29, 1.82) is 0 Å². The second kappa shape index (κ2) is 3.92. The average molecular weight is 225 g/mol. The molecule has 0 aliphatic carbocycles. The number of nitrogens with zero attached hydrogens (tertiary/aromatic N) is 3. The minimum Gasteiger partial charge on any atom is -0.224 e. The Balaban J connectivity index is 3.57. The maximum Gasteiger partial charge on any atom is 0.175 e. The molecule has 0 aliphatic rings. The molecule has 0 N–H and O–H groups in total. The summed E-state index contributed by atoms with van der Waals surface area (Å²) in [4.78, 5) is 2.85. The van der Waals surface area contributed by atoms with Crippen LogP contribution in [0.3, 0.4) is 0 Å². The molecule has 5 nitrogen and oxygen atoms in total. The molecule has 0 saturated heterocycles. The highest BCUT2D eigenvalue weighted by Gasteiger charge is 2.12. The number of benzene rings is 1. The third-order valence-corrected chi connectivity index (χ3v) is 3.28. The van der Waals surface area contributed by atoms with E-state index in [1.54, 1.807) is 19.9 Å². The van der Waals surface area contributed by atoms with Gasteiger partial charge in [-0.15, -0.1) is 0 Å². The summed E-state index contributed by atoms with van der Waals surface area (Å²) < 4.78 is 22.8. The number of sulfone groups is 1. The summed E-state index contributed by atoms with van der Waals surface area (Å²) in [5.41, 5.74) is 10.1. The lowest BCUT2D eigenvalue weighted by atomic mass is 10.1. The van der Waals surface area contributed by atoms with Gasteiger partial charge in [0.1, 0.15) is 0 Å². The van der Waals surface area contributed by atoms with Gasteiger partial charge >= 0.3 is 0 Å². The van der Waals surface area contributed by atoms with Gasteiger partial charge in [0.05, 0.1) is 4.90 Å². The SMILES string of the molecule is Cc1cc(C)c(S(C)(=O)=O)cc1N=[N+]=[N-]. The minimum atomic E-state index is -3.27. The Morgan fingerprint density at radius 3 is 2.33 bits per heavy atom. The van der Waals surface area contributed by atoms with Crippen LogP contribution in [-0.4, -0.2) is 14.7 Å². The molecule has 0 unspecified atom stereocenters. The molecular formula is C9H11N3O2S. The standard InChI is InChI=1S/C9H11N3O2S/c1-6-4-7(2)9(15(3,13)14)5-8(6)11-12-10/h4-5H,1-3H3. The van der Waals surface area contributed by atoms with E-state index in [0.717, 1.165) is 11.8 Å². The van der Waals surface area contributed by atoms with Crippen molar-refractivity contribution in [3.05, 3.63) is 33.7 Å². The fourth-order valence-electron chi connectivity index (χ4n) is 1.38. The smallest absolute Gasteiger partial charge is 0.175 e. The van der Waals surface area contributed by atoms with Crippen molar-refractivity contribution in [3.63, 3.8) is 0 Å². The largest absolute Gasteiger partial charge is 0.224 e. The number of hydrogen-bond acceptors (Lipinski definition) is 3. The van der Waals surface area contributed by atoms with E-state index in [-0.39, 0.29) is 4.90 Å². The van der Waals surface area contributed by atoms with Crippen LogP contribution in [0.25, 0.3) is 10.4 Å². The molecule has 0 atom stereocenters. The summed E-state index contributed by atoms with van der Waals surface area (Å²) in [5, 5.41) is 3.44. The highest BCUT2D eigenvalue weighted by Crippen LogP contribution is 2.26. The lowest BCUT2D eigenvalue weighted by Crippen LogP contribution is -2.00. The fourth-order valence-corrected chi connectivity index (χ4v) is 2.35. The summed E-state index contributed by atoms with van der Waals surface area (Å²) >= 11 is 0. The molecule has 0 heterocycles. The van der Waals surface area contributed by atoms with Crippen LogP contribution in [0.15, 0.2) is 22.1 Å². The van der Waals surface area contributed by atoms with E-state index in [9.17, 15) is 8.42 Å². The Kier molecular flexibility index (Phi) is 3.02. The molecule has 6 heteroatoms. The first-order valence-electron chi connectivity index (χ1n) is 4.22. The predicted octanol–water partition coefficient (Wildman–Crippen LogP) is 2.65. The van der Waals surface area contributed by atoms with Crippen LogP contribution in [0.1, 0.15) is 11.1 Å². The number of hydrogen-bond donors (Lipinski definition) is 0. The van der Waals surface area contributed by atoms with E-state index in [2.05, 4.69) is 10.0 Å². The van der Waals surface area contributed by atoms with Crippen molar-refractivity contribution in [1.82, 2.24) is 0 Å². The van der Waals surface area contributed by atoms with Crippen LogP contribution in [0.4, 0.5) is 5.69 Å². The first-order chi connectivity index (χ1) is 6.86. The van der Waals surface area contributed by atoms with Crippen LogP contribution in [0, 0.1) is 13.8 Å². The van der Waals surface area contributed by atoms with Crippen molar-refractivity contribution in [2.24, 2.45) is 5.11 Å². The molecule has 0 radical (unpaired) electrons. The van der Waals surface area contributed by atoms with Gasteiger partial charge in [-0.2, -0.15) is 0 Å². The Hall–Kier alpha value is -1.52. The van der Waals surface area contributed by atoms with Gasteiger partial charge in [-0.05, 0) is 36.6 Å². The molecule has 0 bridgehead atoms. The van der Waals surface area contributed by atoms with E-state index in [1.807, 2.05) is 0 Å². The fraction of sp³-hybridized carbons (Fsp3) is 0.333. The second-order valence-electron chi connectivity index (χ2n) is 3.37. The molecule has 15 heavy (non-hydrogen) atoms. The van der Waals surface area contributed by atoms with Gasteiger partial charge in [0.2, 0.25) is 0 Å². The van der Waals surface area contributed by atoms with E-state index in [0.29, 0.717) is 11.3 Å². The molecule has 0 saturated carbocycles. The van der Waals surface area contributed by atoms with Crippen molar-refractivity contribution in [2.75, 3.05) is 6.26 Å². The molecule has 1 rings (SSSR count). The molecular weight excluding hydrogens is 214 g/mol. The maximum absolute atomic E-state index is 11.4. The van der Waals surface area contributed by atoms with Gasteiger partial charge in [-0.1, -0.05) is 11.2 Å². The van der Waals surface area contributed by atoms with Gasteiger partial charge in [-0.3, -0.25) is 0 Å². The number of rotatable bonds is 2. The van der Waals surface area contributed by atoms with E-state index < -0.39 is 9.84 Å². The lowest BCUT2D eigenvalue weighted by Gasteiger charge is -2.07. The number of azide groups is 1. The van der Waals surface area contributed by atoms with Crippen LogP contribution >= 0.6 is 0 Å². The molecule has 1 aromatic carbocycles. The van der Waals surface area contributed by atoms with Crippen LogP contribution in [0.5, 0.6) is 0 Å². The quantitative estimate of drug-likeness (QED) is 0.440. The summed E-state index contributed by atoms with van der Waals surface area (Å²) in [7, 11) is -3.27. The first kappa shape index (κ1) is 11.6. The van der Waals surface area contributed by atoms with E-state index >= 15 is 0 Å². The molecule has 0 aliphatic heterocycles. The van der Waals surface area contributed by atoms with Crippen LogP contribution < -0.4 is 0 Å². The molecule has 0 fully saturated rings. The molecule has 80 valence electrons. The first-order valence-corrected chi connectivity index (χ1v) is 6.12. The zero-order valence-corrected chi connectivity index (χ0v) is 9.54. The summed E-state index contributed by atoms with van der Waals surface area (Å²) in [6.07, 6.45) is 1.13. The zero-order chi connectivity index (χ0) is 11.6. The summed E-state index contributed by atoms with van der Waals surface area (Å²) in [5.74, 6) is 0. The highest BCUT2D eigenvalue weighted by atomic mass is 32.2. The molecule has 0 amide bonds. The van der Waals surface area contributed by atoms with Gasteiger partial charge in [0.15, 0.2) is 9.84 Å². The average Bonchev–Trinajstić information content (AvgIpc) is 2.07. The minimum absolute atomic E-state index is 0.204. The summed E-state index contributed by atoms with van der Waals surface area (Å²) in [6, 6.07) is 3.10. The topological polar surface area (TPSA) is 82.9 Å². The van der Waals surface area contributed by atoms with Crippen molar-refractivity contribution >= 4 is 15.5 Å². The number of aryl methyl sites for hydroxylation is 2. The Labute approximate surface area is 88.3 Å². The Bertz CT molecular complexity index is 543. The summed E-state index contributed by atoms with van der Waals surface area (Å²) in [6.45, 7) is 3.48. The lowest BCUT2D eigenvalue weighted by molar-refractivity contribution is 0.601. The second-order valence-corrected chi connectivity index (χ2v) is 5.35. The van der Waals surface area contributed by atoms with Crippen molar-refractivity contribution < 1.29 is 8.42 Å². The van der Waals surface area contributed by atoms with Gasteiger partial charge in [0, 0.05) is 16.9 Å². The normalized spacial score (nSPS) is 10.9. The van der Waals surface area contributed by atoms with Crippen LogP contribution in [-0.2, 0) is 9.84 Å². The van der Waals surface area contributed by atoms with Crippen molar-refractivity contribution in [2.45, 2.75) is 18.7 Å². The third-order valence-electron chi connectivity index (χ3n) is 2.05. The van der Waals surface area contributed by atoms with Crippen molar-refractivity contribution in [3.8, 4) is 0 Å². The van der Waals surface area contributed by atoms with E-state index in [4.69, 9.17) is 5.53 Å². The van der Waals surface area contributed by atoms with Crippen LogP contribution in [0.2, 0.25) is 0 Å². The molecule has 1 aromatic rings. The zero-order valence-electron chi connectivity index (χ0n) is 8.72. The Morgan fingerprint density at radius 2 is 1.87 bits per heavy atom. The van der Waals surface area contributed by atoms with Gasteiger partial charge < -0.3 is 0 Å². The predicted molar refractivity (Wildman–Crippen MR) is 57.8 cm³/mol. The molecule has 0 spiro atoms. The Morgan fingerprint density at radius 1 is 1.27 bits per heavy atom. The third kappa shape index (κ3) is 2.49. The van der Waals surface area contributed by atoms with E-state index in [1.165, 1.54) is 6.07 Å². The monoisotopic (exact) mass is 225 g/mol. The van der Waals surface area contributed by atoms with Gasteiger partial charge in [-0.25, -0.2) is 8.42 Å². The van der Waals surface area contributed by atoms with Gasteiger partial charge in [0.25, 0.3) is 0 Å². The maximum atomic E-state index is 11.4.